The lowest BCUT2D eigenvalue weighted by Gasteiger charge is -2.31. The second-order valence-corrected chi connectivity index (χ2v) is 7.45. The van der Waals surface area contributed by atoms with Gasteiger partial charge < -0.3 is 10.6 Å². The molecule has 1 aliphatic heterocycles. The van der Waals surface area contributed by atoms with Gasteiger partial charge >= 0.3 is 0 Å². The van der Waals surface area contributed by atoms with Crippen molar-refractivity contribution in [3.8, 4) is 0 Å². The van der Waals surface area contributed by atoms with Crippen LogP contribution in [0.15, 0.2) is 23.6 Å². The van der Waals surface area contributed by atoms with Gasteiger partial charge in [-0.05, 0) is 43.4 Å². The van der Waals surface area contributed by atoms with E-state index in [4.69, 9.17) is 10.7 Å². The van der Waals surface area contributed by atoms with Gasteiger partial charge in [0.15, 0.2) is 5.13 Å². The molecule has 25 heavy (non-hydrogen) atoms. The topological polar surface area (TPSA) is 62.5 Å². The number of halogens is 1. The molecule has 2 N–H and O–H groups in total. The molecule has 0 saturated heterocycles. The van der Waals surface area contributed by atoms with Crippen LogP contribution in [-0.2, 0) is 17.8 Å². The molecular formula is C18H23ClN4OS. The van der Waals surface area contributed by atoms with Crippen molar-refractivity contribution in [2.45, 2.75) is 45.2 Å². The number of rotatable bonds is 4. The number of nitrogens with two attached hydrogens (primary N) is 1. The van der Waals surface area contributed by atoms with E-state index in [1.165, 1.54) is 11.3 Å². The second kappa shape index (κ2) is 7.22. The Kier molecular flexibility index (Phi) is 5.20. The van der Waals surface area contributed by atoms with E-state index in [-0.39, 0.29) is 18.3 Å². The third-order valence-corrected chi connectivity index (χ3v) is 5.62. The van der Waals surface area contributed by atoms with E-state index in [9.17, 15) is 4.79 Å². The van der Waals surface area contributed by atoms with Crippen LogP contribution in [0.1, 0.15) is 37.4 Å². The van der Waals surface area contributed by atoms with Crippen LogP contribution in [0.4, 0.5) is 16.5 Å². The lowest BCUT2D eigenvalue weighted by Crippen LogP contribution is -2.31. The summed E-state index contributed by atoms with van der Waals surface area (Å²) in [6, 6.07) is 6.49. The molecule has 0 spiro atoms. The van der Waals surface area contributed by atoms with Crippen LogP contribution in [0.5, 0.6) is 0 Å². The molecule has 0 atom stereocenters. The quantitative estimate of drug-likeness (QED) is 0.825. The number of hydrogen-bond donors (Lipinski definition) is 1. The number of carbonyl (C=O) groups excluding carboxylic acids is 1. The highest BCUT2D eigenvalue weighted by atomic mass is 35.5. The first-order valence-electron chi connectivity index (χ1n) is 8.50. The van der Waals surface area contributed by atoms with Crippen molar-refractivity contribution < 1.29 is 4.79 Å². The van der Waals surface area contributed by atoms with Crippen LogP contribution in [0, 0.1) is 0 Å². The maximum atomic E-state index is 11.9. The first-order chi connectivity index (χ1) is 11.6. The average molecular weight is 379 g/mol. The highest BCUT2D eigenvalue weighted by molar-refractivity contribution is 7.14. The van der Waals surface area contributed by atoms with Crippen molar-refractivity contribution in [1.82, 2.24) is 4.98 Å². The zero-order valence-electron chi connectivity index (χ0n) is 14.3. The predicted molar refractivity (Wildman–Crippen MR) is 106 cm³/mol. The number of carbonyl (C=O) groups is 1. The monoisotopic (exact) mass is 378 g/mol. The van der Waals surface area contributed by atoms with Crippen molar-refractivity contribution in [3.05, 3.63) is 34.8 Å². The molecule has 1 aromatic heterocycles. The number of hydrogen-bond acceptors (Lipinski definition) is 5. The summed E-state index contributed by atoms with van der Waals surface area (Å²) in [4.78, 5) is 20.8. The van der Waals surface area contributed by atoms with Crippen LogP contribution >= 0.6 is 23.7 Å². The molecule has 1 saturated carbocycles. The molecule has 0 bridgehead atoms. The molecule has 2 aliphatic rings. The third kappa shape index (κ3) is 3.60. The van der Waals surface area contributed by atoms with Crippen LogP contribution in [0.3, 0.4) is 0 Å². The number of thiazole rings is 1. The van der Waals surface area contributed by atoms with Gasteiger partial charge in [0.05, 0.1) is 12.2 Å². The minimum atomic E-state index is 0. The maximum absolute atomic E-state index is 11.9. The van der Waals surface area contributed by atoms with Gasteiger partial charge in [-0.25, -0.2) is 4.98 Å². The number of anilines is 3. The minimum absolute atomic E-state index is 0. The first-order valence-corrected chi connectivity index (χ1v) is 9.38. The second-order valence-electron chi connectivity index (χ2n) is 6.61. The van der Waals surface area contributed by atoms with Crippen LogP contribution in [0.25, 0.3) is 0 Å². The Morgan fingerprint density at radius 3 is 2.96 bits per heavy atom. The normalized spacial score (nSPS) is 16.1. The van der Waals surface area contributed by atoms with E-state index < -0.39 is 0 Å². The standard InChI is InChI=1S/C18H22N4OS.ClH/c1-12(23)22(14-7-8-14)18-20-13(11-24-18)10-21-9-3-4-15-16(19)5-2-6-17(15)21;/h2,5-6,11,14H,3-4,7-10,19H2,1H3;1H. The number of benzene rings is 1. The number of amides is 1. The lowest BCUT2D eigenvalue weighted by molar-refractivity contribution is -0.116. The zero-order valence-corrected chi connectivity index (χ0v) is 15.9. The van der Waals surface area contributed by atoms with Gasteiger partial charge in [0, 0.05) is 36.3 Å². The Bertz CT molecular complexity index is 774. The van der Waals surface area contributed by atoms with E-state index in [1.807, 2.05) is 17.0 Å². The highest BCUT2D eigenvalue weighted by Crippen LogP contribution is 2.35. The summed E-state index contributed by atoms with van der Waals surface area (Å²) in [5, 5.41) is 2.92. The molecule has 0 radical (unpaired) electrons. The molecule has 1 aromatic carbocycles. The summed E-state index contributed by atoms with van der Waals surface area (Å²) in [5.74, 6) is 0.0921. The Morgan fingerprint density at radius 1 is 1.44 bits per heavy atom. The minimum Gasteiger partial charge on any atom is -0.398 e. The van der Waals surface area contributed by atoms with Gasteiger partial charge in [0.25, 0.3) is 0 Å². The number of aromatic nitrogens is 1. The number of nitrogens with zero attached hydrogens (tertiary/aromatic N) is 3. The molecule has 2 heterocycles. The smallest absolute Gasteiger partial charge is 0.225 e. The van der Waals surface area contributed by atoms with Crippen molar-refractivity contribution in [2.24, 2.45) is 0 Å². The van der Waals surface area contributed by atoms with Gasteiger partial charge in [0.1, 0.15) is 0 Å². The lowest BCUT2D eigenvalue weighted by atomic mass is 10.00. The van der Waals surface area contributed by atoms with E-state index in [0.29, 0.717) is 6.04 Å². The molecule has 134 valence electrons. The van der Waals surface area contributed by atoms with E-state index in [2.05, 4.69) is 16.3 Å². The van der Waals surface area contributed by atoms with Crippen LogP contribution in [-0.4, -0.2) is 23.5 Å². The molecule has 1 amide bonds. The maximum Gasteiger partial charge on any atom is 0.225 e. The van der Waals surface area contributed by atoms with Gasteiger partial charge in [-0.2, -0.15) is 0 Å². The summed E-state index contributed by atoms with van der Waals surface area (Å²) in [5.41, 5.74) is 10.5. The van der Waals surface area contributed by atoms with E-state index in [0.717, 1.165) is 55.3 Å². The zero-order chi connectivity index (χ0) is 16.7. The van der Waals surface area contributed by atoms with Crippen LogP contribution < -0.4 is 15.5 Å². The number of nitrogen functional groups attached to an aromatic ring is 1. The fourth-order valence-electron chi connectivity index (χ4n) is 3.45. The Morgan fingerprint density at radius 2 is 2.24 bits per heavy atom. The Balaban J connectivity index is 0.00000182. The third-order valence-electron chi connectivity index (χ3n) is 4.73. The van der Waals surface area contributed by atoms with Crippen molar-refractivity contribution in [1.29, 1.82) is 0 Å². The summed E-state index contributed by atoms with van der Waals surface area (Å²) in [6.07, 6.45) is 4.33. The van der Waals surface area contributed by atoms with Gasteiger partial charge in [-0.15, -0.1) is 23.7 Å². The molecule has 1 fully saturated rings. The Labute approximate surface area is 158 Å². The fourth-order valence-corrected chi connectivity index (χ4v) is 4.38. The summed E-state index contributed by atoms with van der Waals surface area (Å²) < 4.78 is 0. The van der Waals surface area contributed by atoms with Crippen molar-refractivity contribution in [2.75, 3.05) is 22.1 Å². The molecule has 2 aromatic rings. The van der Waals surface area contributed by atoms with Gasteiger partial charge in [-0.1, -0.05) is 6.07 Å². The molecular weight excluding hydrogens is 356 g/mol. The largest absolute Gasteiger partial charge is 0.398 e. The van der Waals surface area contributed by atoms with Gasteiger partial charge in [-0.3, -0.25) is 9.69 Å². The molecule has 1 aliphatic carbocycles. The van der Waals surface area contributed by atoms with E-state index >= 15 is 0 Å². The number of fused-ring (bicyclic) bond motifs is 1. The Hall–Kier alpha value is -1.79. The van der Waals surface area contributed by atoms with Crippen molar-refractivity contribution >= 4 is 46.2 Å². The summed E-state index contributed by atoms with van der Waals surface area (Å²) >= 11 is 1.57. The van der Waals surface area contributed by atoms with Crippen molar-refractivity contribution in [3.63, 3.8) is 0 Å². The van der Waals surface area contributed by atoms with E-state index in [1.54, 1.807) is 18.3 Å². The molecule has 0 unspecified atom stereocenters. The predicted octanol–water partition coefficient (Wildman–Crippen LogP) is 3.62. The first kappa shape index (κ1) is 18.0. The SMILES string of the molecule is CC(=O)N(c1nc(CN2CCCc3c(N)cccc32)cs1)C1CC1.Cl. The fraction of sp³-hybridized carbons (Fsp3) is 0.444. The summed E-state index contributed by atoms with van der Waals surface area (Å²) in [6.45, 7) is 3.41. The average Bonchev–Trinajstić information content (AvgIpc) is 3.28. The van der Waals surface area contributed by atoms with Crippen LogP contribution in [0.2, 0.25) is 0 Å². The molecule has 7 heteroatoms. The summed E-state index contributed by atoms with van der Waals surface area (Å²) in [7, 11) is 0. The molecule has 5 nitrogen and oxygen atoms in total. The molecule has 4 rings (SSSR count). The van der Waals surface area contributed by atoms with Gasteiger partial charge in [0.2, 0.25) is 5.91 Å². The highest BCUT2D eigenvalue weighted by Gasteiger charge is 2.33.